The Bertz CT molecular complexity index is 97.4. The molecule has 10 heavy (non-hydrogen) atoms. The third kappa shape index (κ3) is 2.40. The van der Waals surface area contributed by atoms with Gasteiger partial charge in [-0.15, -0.1) is 0 Å². The van der Waals surface area contributed by atoms with E-state index in [-0.39, 0.29) is 0 Å². The molecule has 1 saturated heterocycles. The molecule has 1 aliphatic rings. The van der Waals surface area contributed by atoms with Crippen molar-refractivity contribution in [2.24, 2.45) is 0 Å². The number of ether oxygens (including phenoxy) is 1. The van der Waals surface area contributed by atoms with Crippen LogP contribution >= 0.6 is 0 Å². The summed E-state index contributed by atoms with van der Waals surface area (Å²) in [6.07, 6.45) is 5.40. The van der Waals surface area contributed by atoms with Crippen molar-refractivity contribution in [2.45, 2.75) is 25.3 Å². The van der Waals surface area contributed by atoms with Crippen LogP contribution in [-0.2, 0) is 4.74 Å². The maximum atomic E-state index is 5.07. The van der Waals surface area contributed by atoms with Gasteiger partial charge in [0.2, 0.25) is 0 Å². The van der Waals surface area contributed by atoms with Crippen LogP contribution in [0, 0.1) is 0 Å². The van der Waals surface area contributed by atoms with E-state index in [0.717, 1.165) is 13.2 Å². The van der Waals surface area contributed by atoms with E-state index in [1.807, 2.05) is 0 Å². The molecule has 1 heterocycles. The van der Waals surface area contributed by atoms with Crippen molar-refractivity contribution in [3.8, 4) is 0 Å². The Kier molecular flexibility index (Phi) is 3.30. The van der Waals surface area contributed by atoms with E-state index in [4.69, 9.17) is 4.74 Å². The van der Waals surface area contributed by atoms with Crippen LogP contribution in [0.1, 0.15) is 19.3 Å². The van der Waals surface area contributed by atoms with E-state index in [9.17, 15) is 0 Å². The van der Waals surface area contributed by atoms with Gasteiger partial charge in [0.25, 0.3) is 0 Å². The highest BCUT2D eigenvalue weighted by Gasteiger charge is 2.11. The van der Waals surface area contributed by atoms with E-state index in [0.29, 0.717) is 6.04 Å². The Morgan fingerprint density at radius 1 is 1.60 bits per heavy atom. The Morgan fingerprint density at radius 2 is 2.50 bits per heavy atom. The lowest BCUT2D eigenvalue weighted by Gasteiger charge is -2.22. The zero-order chi connectivity index (χ0) is 7.23. The molecule has 0 aliphatic carbocycles. The molecule has 1 aliphatic heterocycles. The summed E-state index contributed by atoms with van der Waals surface area (Å²) >= 11 is 0. The molecule has 2 heteroatoms. The molecule has 0 saturated carbocycles. The largest absolute Gasteiger partial charge is 0.500 e. The van der Waals surface area contributed by atoms with E-state index in [1.165, 1.54) is 25.5 Å². The quantitative estimate of drug-likeness (QED) is 0.598. The van der Waals surface area contributed by atoms with Gasteiger partial charge in [-0.1, -0.05) is 13.0 Å². The lowest BCUT2D eigenvalue weighted by atomic mass is 10.1. The molecule has 0 aromatic carbocycles. The number of rotatable bonds is 3. The highest BCUT2D eigenvalue weighted by atomic mass is 16.5. The van der Waals surface area contributed by atoms with E-state index in [1.54, 1.807) is 0 Å². The summed E-state index contributed by atoms with van der Waals surface area (Å²) in [5, 5.41) is 3.38. The molecule has 1 atom stereocenters. The van der Waals surface area contributed by atoms with E-state index in [2.05, 4.69) is 11.9 Å². The van der Waals surface area contributed by atoms with E-state index < -0.39 is 0 Å². The maximum absolute atomic E-state index is 5.07. The Hall–Kier alpha value is -0.500. The first-order valence-electron chi connectivity index (χ1n) is 3.89. The van der Waals surface area contributed by atoms with Gasteiger partial charge in [-0.2, -0.15) is 0 Å². The summed E-state index contributed by atoms with van der Waals surface area (Å²) in [5.41, 5.74) is 0. The van der Waals surface area contributed by atoms with Crippen molar-refractivity contribution in [3.05, 3.63) is 12.8 Å². The second-order valence-corrected chi connectivity index (χ2v) is 2.65. The normalized spacial score (nSPS) is 25.8. The molecule has 0 amide bonds. The van der Waals surface area contributed by atoms with Gasteiger partial charge in [-0.3, -0.25) is 0 Å². The molecule has 1 N–H and O–H groups in total. The summed E-state index contributed by atoms with van der Waals surface area (Å²) in [4.78, 5) is 0. The Morgan fingerprint density at radius 3 is 3.10 bits per heavy atom. The standard InChI is InChI=1S/C8H15NO/c1-2-10-7-8-5-3-4-6-9-8/h2,8-9H,1,3-7H2. The molecule has 1 fully saturated rings. The predicted molar refractivity (Wildman–Crippen MR) is 41.8 cm³/mol. The average Bonchev–Trinajstić information content (AvgIpc) is 2.03. The smallest absolute Gasteiger partial charge is 0.103 e. The van der Waals surface area contributed by atoms with Gasteiger partial charge in [-0.05, 0) is 19.4 Å². The lowest BCUT2D eigenvalue weighted by molar-refractivity contribution is 0.192. The monoisotopic (exact) mass is 141 g/mol. The summed E-state index contributed by atoms with van der Waals surface area (Å²) in [7, 11) is 0. The Balaban J connectivity index is 2.07. The zero-order valence-electron chi connectivity index (χ0n) is 6.31. The molecule has 0 radical (unpaired) electrons. The third-order valence-corrected chi connectivity index (χ3v) is 1.83. The van der Waals surface area contributed by atoms with Gasteiger partial charge in [0, 0.05) is 6.04 Å². The first-order valence-corrected chi connectivity index (χ1v) is 3.89. The van der Waals surface area contributed by atoms with Gasteiger partial charge < -0.3 is 10.1 Å². The number of nitrogens with one attached hydrogen (secondary N) is 1. The fourth-order valence-corrected chi connectivity index (χ4v) is 1.25. The van der Waals surface area contributed by atoms with Gasteiger partial charge in [0.15, 0.2) is 0 Å². The van der Waals surface area contributed by atoms with Gasteiger partial charge >= 0.3 is 0 Å². The zero-order valence-corrected chi connectivity index (χ0v) is 6.31. The van der Waals surface area contributed by atoms with Crippen LogP contribution < -0.4 is 5.32 Å². The van der Waals surface area contributed by atoms with Crippen molar-refractivity contribution in [2.75, 3.05) is 13.2 Å². The van der Waals surface area contributed by atoms with Crippen molar-refractivity contribution < 1.29 is 4.74 Å². The second-order valence-electron chi connectivity index (χ2n) is 2.65. The molecule has 1 unspecified atom stereocenters. The molecule has 58 valence electrons. The SMILES string of the molecule is C=COCC1CCCCN1. The highest BCUT2D eigenvalue weighted by molar-refractivity contribution is 4.72. The highest BCUT2D eigenvalue weighted by Crippen LogP contribution is 2.06. The van der Waals surface area contributed by atoms with Crippen LogP contribution in [0.15, 0.2) is 12.8 Å². The van der Waals surface area contributed by atoms with Crippen molar-refractivity contribution in [1.29, 1.82) is 0 Å². The predicted octanol–water partition coefficient (Wildman–Crippen LogP) is 1.29. The molecule has 0 aromatic heterocycles. The van der Waals surface area contributed by atoms with Crippen LogP contribution in [-0.4, -0.2) is 19.2 Å². The average molecular weight is 141 g/mol. The number of piperidine rings is 1. The molecule has 0 bridgehead atoms. The van der Waals surface area contributed by atoms with Crippen LogP contribution in [0.3, 0.4) is 0 Å². The summed E-state index contributed by atoms with van der Waals surface area (Å²) < 4.78 is 5.07. The van der Waals surface area contributed by atoms with Crippen LogP contribution in [0.25, 0.3) is 0 Å². The van der Waals surface area contributed by atoms with Crippen molar-refractivity contribution in [1.82, 2.24) is 5.32 Å². The maximum Gasteiger partial charge on any atom is 0.103 e. The minimum absolute atomic E-state index is 0.562. The molecule has 2 nitrogen and oxygen atoms in total. The molecular weight excluding hydrogens is 126 g/mol. The van der Waals surface area contributed by atoms with Gasteiger partial charge in [-0.25, -0.2) is 0 Å². The molecule has 1 rings (SSSR count). The van der Waals surface area contributed by atoms with Crippen molar-refractivity contribution >= 4 is 0 Å². The first-order chi connectivity index (χ1) is 4.93. The van der Waals surface area contributed by atoms with Gasteiger partial charge in [0.1, 0.15) is 6.61 Å². The topological polar surface area (TPSA) is 21.3 Å². The first kappa shape index (κ1) is 7.61. The minimum atomic E-state index is 0.562. The third-order valence-electron chi connectivity index (χ3n) is 1.83. The second kappa shape index (κ2) is 4.34. The lowest BCUT2D eigenvalue weighted by Crippen LogP contribution is -2.37. The molecule has 0 spiro atoms. The number of hydrogen-bond acceptors (Lipinski definition) is 2. The molecular formula is C8H15NO. The van der Waals surface area contributed by atoms with Crippen LogP contribution in [0.5, 0.6) is 0 Å². The van der Waals surface area contributed by atoms with Gasteiger partial charge in [0.05, 0.1) is 6.26 Å². The van der Waals surface area contributed by atoms with Crippen molar-refractivity contribution in [3.63, 3.8) is 0 Å². The summed E-state index contributed by atoms with van der Waals surface area (Å²) in [6.45, 7) is 5.42. The van der Waals surface area contributed by atoms with Crippen LogP contribution in [0.4, 0.5) is 0 Å². The minimum Gasteiger partial charge on any atom is -0.500 e. The van der Waals surface area contributed by atoms with Crippen LogP contribution in [0.2, 0.25) is 0 Å². The number of hydrogen-bond donors (Lipinski definition) is 1. The van der Waals surface area contributed by atoms with E-state index >= 15 is 0 Å². The Labute approximate surface area is 62.3 Å². The summed E-state index contributed by atoms with van der Waals surface area (Å²) in [5.74, 6) is 0. The molecule has 0 aromatic rings. The fourth-order valence-electron chi connectivity index (χ4n) is 1.25. The fraction of sp³-hybridized carbons (Fsp3) is 0.750. The summed E-state index contributed by atoms with van der Waals surface area (Å²) in [6, 6.07) is 0.562.